The highest BCUT2D eigenvalue weighted by molar-refractivity contribution is 5.62. The lowest BCUT2D eigenvalue weighted by Crippen LogP contribution is -2.21. The van der Waals surface area contributed by atoms with E-state index in [9.17, 15) is 0 Å². The van der Waals surface area contributed by atoms with E-state index in [1.165, 1.54) is 69.3 Å². The molecule has 2 rings (SSSR count). The molecule has 2 aromatic carbocycles. The molecule has 0 aliphatic rings. The molecule has 0 atom stereocenters. The number of nitrogens with one attached hydrogen (secondary N) is 1. The summed E-state index contributed by atoms with van der Waals surface area (Å²) < 4.78 is 0. The molecular weight excluding hydrogens is 316 g/mol. The average Bonchev–Trinajstić information content (AvgIpc) is 2.70. The second kappa shape index (κ2) is 13.4. The monoisotopic (exact) mass is 352 g/mol. The second-order valence-electron chi connectivity index (χ2n) is 7.05. The first-order chi connectivity index (χ1) is 12.9. The minimum absolute atomic E-state index is 1.06. The Hall–Kier alpha value is -1.80. The molecule has 0 heterocycles. The van der Waals surface area contributed by atoms with E-state index < -0.39 is 0 Å². The van der Waals surface area contributed by atoms with Gasteiger partial charge in [0.25, 0.3) is 0 Å². The van der Waals surface area contributed by atoms with Crippen LogP contribution in [0.1, 0.15) is 58.3 Å². The zero-order valence-electron chi connectivity index (χ0n) is 16.5. The van der Waals surface area contributed by atoms with Crippen molar-refractivity contribution in [2.24, 2.45) is 0 Å². The summed E-state index contributed by atoms with van der Waals surface area (Å²) in [5, 5.41) is 3.61. The van der Waals surface area contributed by atoms with E-state index in [2.05, 4.69) is 77.8 Å². The van der Waals surface area contributed by atoms with Gasteiger partial charge in [-0.3, -0.25) is 0 Å². The third kappa shape index (κ3) is 8.05. The van der Waals surface area contributed by atoms with Crippen molar-refractivity contribution in [1.82, 2.24) is 5.32 Å². The van der Waals surface area contributed by atoms with E-state index in [0.717, 1.165) is 13.1 Å². The summed E-state index contributed by atoms with van der Waals surface area (Å²) in [5.41, 5.74) is 2.55. The van der Waals surface area contributed by atoms with Crippen molar-refractivity contribution in [2.45, 2.75) is 58.3 Å². The summed E-state index contributed by atoms with van der Waals surface area (Å²) in [6.45, 7) is 5.64. The van der Waals surface area contributed by atoms with E-state index in [1.807, 2.05) is 0 Å². The molecule has 0 unspecified atom stereocenters. The molecule has 0 radical (unpaired) electrons. The van der Waals surface area contributed by atoms with E-state index >= 15 is 0 Å². The van der Waals surface area contributed by atoms with Crippen LogP contribution in [0.25, 0.3) is 0 Å². The van der Waals surface area contributed by atoms with Crippen molar-refractivity contribution < 1.29 is 0 Å². The molecule has 0 bridgehead atoms. The van der Waals surface area contributed by atoms with Gasteiger partial charge in [-0.15, -0.1) is 0 Å². The minimum Gasteiger partial charge on any atom is -0.341 e. The van der Waals surface area contributed by atoms with E-state index in [-0.39, 0.29) is 0 Å². The van der Waals surface area contributed by atoms with Crippen LogP contribution in [0.2, 0.25) is 0 Å². The van der Waals surface area contributed by atoms with Crippen LogP contribution in [0.3, 0.4) is 0 Å². The minimum atomic E-state index is 1.06. The summed E-state index contributed by atoms with van der Waals surface area (Å²) in [5.74, 6) is 0. The normalized spacial score (nSPS) is 10.8. The Kier molecular flexibility index (Phi) is 10.6. The first kappa shape index (κ1) is 20.5. The molecule has 0 aromatic heterocycles. The SMILES string of the molecule is CCCCCCCCNCCCCN(c1ccccc1)c1ccccc1. The van der Waals surface area contributed by atoms with Crippen LogP contribution < -0.4 is 10.2 Å². The quantitative estimate of drug-likeness (QED) is 0.388. The first-order valence-electron chi connectivity index (χ1n) is 10.5. The number of hydrogen-bond donors (Lipinski definition) is 1. The predicted molar refractivity (Wildman–Crippen MR) is 115 cm³/mol. The van der Waals surface area contributed by atoms with Gasteiger partial charge in [0.1, 0.15) is 0 Å². The van der Waals surface area contributed by atoms with E-state index in [0.29, 0.717) is 0 Å². The van der Waals surface area contributed by atoms with Crippen molar-refractivity contribution in [1.29, 1.82) is 0 Å². The molecular formula is C24H36N2. The fraction of sp³-hybridized carbons (Fsp3) is 0.500. The van der Waals surface area contributed by atoms with Crippen molar-refractivity contribution in [2.75, 3.05) is 24.5 Å². The molecule has 0 saturated carbocycles. The number of anilines is 2. The van der Waals surface area contributed by atoms with Gasteiger partial charge < -0.3 is 10.2 Å². The molecule has 0 aliphatic carbocycles. The van der Waals surface area contributed by atoms with Crippen LogP contribution >= 0.6 is 0 Å². The van der Waals surface area contributed by atoms with E-state index in [1.54, 1.807) is 0 Å². The standard InChI is InChI=1S/C24H36N2/c1-2-3-4-5-6-13-20-25-21-14-15-22-26(23-16-9-7-10-17-23)24-18-11-8-12-19-24/h7-12,16-19,25H,2-6,13-15,20-22H2,1H3. The highest BCUT2D eigenvalue weighted by atomic mass is 15.1. The summed E-state index contributed by atoms with van der Waals surface area (Å²) in [4.78, 5) is 2.42. The van der Waals surface area contributed by atoms with Crippen molar-refractivity contribution in [3.63, 3.8) is 0 Å². The van der Waals surface area contributed by atoms with Gasteiger partial charge in [0, 0.05) is 17.9 Å². The van der Waals surface area contributed by atoms with Gasteiger partial charge in [-0.1, -0.05) is 75.4 Å². The van der Waals surface area contributed by atoms with Crippen molar-refractivity contribution >= 4 is 11.4 Å². The van der Waals surface area contributed by atoms with Crippen LogP contribution in [0.4, 0.5) is 11.4 Å². The van der Waals surface area contributed by atoms with Crippen molar-refractivity contribution in [3.05, 3.63) is 60.7 Å². The van der Waals surface area contributed by atoms with Gasteiger partial charge in [0.2, 0.25) is 0 Å². The van der Waals surface area contributed by atoms with E-state index in [4.69, 9.17) is 0 Å². The molecule has 0 spiro atoms. The maximum Gasteiger partial charge on any atom is 0.0410 e. The fourth-order valence-electron chi connectivity index (χ4n) is 3.30. The Bertz CT molecular complexity index is 513. The molecule has 0 aliphatic heterocycles. The van der Waals surface area contributed by atoms with Gasteiger partial charge in [-0.05, 0) is 56.6 Å². The van der Waals surface area contributed by atoms with Crippen LogP contribution in [0.15, 0.2) is 60.7 Å². The zero-order valence-corrected chi connectivity index (χ0v) is 16.5. The topological polar surface area (TPSA) is 15.3 Å². The number of para-hydroxylation sites is 2. The number of hydrogen-bond acceptors (Lipinski definition) is 2. The van der Waals surface area contributed by atoms with Gasteiger partial charge in [0.15, 0.2) is 0 Å². The Balaban J connectivity index is 1.64. The lowest BCUT2D eigenvalue weighted by atomic mass is 10.1. The summed E-state index contributed by atoms with van der Waals surface area (Å²) in [6.07, 6.45) is 10.7. The smallest absolute Gasteiger partial charge is 0.0410 e. The summed E-state index contributed by atoms with van der Waals surface area (Å²) >= 11 is 0. The lowest BCUT2D eigenvalue weighted by molar-refractivity contribution is 0.559. The highest BCUT2D eigenvalue weighted by Gasteiger charge is 2.07. The predicted octanol–water partition coefficient (Wildman–Crippen LogP) is 6.56. The average molecular weight is 353 g/mol. The molecule has 142 valence electrons. The molecule has 0 fully saturated rings. The lowest BCUT2D eigenvalue weighted by Gasteiger charge is -2.25. The molecule has 2 heteroatoms. The maximum absolute atomic E-state index is 3.61. The Morgan fingerprint density at radius 1 is 0.615 bits per heavy atom. The molecule has 26 heavy (non-hydrogen) atoms. The Morgan fingerprint density at radius 2 is 1.12 bits per heavy atom. The summed E-state index contributed by atoms with van der Waals surface area (Å²) in [7, 11) is 0. The van der Waals surface area contributed by atoms with Gasteiger partial charge in [-0.25, -0.2) is 0 Å². The zero-order chi connectivity index (χ0) is 18.3. The number of benzene rings is 2. The Labute approximate surface area is 160 Å². The largest absolute Gasteiger partial charge is 0.341 e. The number of unbranched alkanes of at least 4 members (excludes halogenated alkanes) is 6. The molecule has 2 nitrogen and oxygen atoms in total. The van der Waals surface area contributed by atoms with Gasteiger partial charge in [-0.2, -0.15) is 0 Å². The molecule has 0 saturated heterocycles. The van der Waals surface area contributed by atoms with Crippen LogP contribution in [0.5, 0.6) is 0 Å². The Morgan fingerprint density at radius 3 is 1.69 bits per heavy atom. The van der Waals surface area contributed by atoms with Gasteiger partial charge in [0.05, 0.1) is 0 Å². The highest BCUT2D eigenvalue weighted by Crippen LogP contribution is 2.25. The molecule has 0 amide bonds. The van der Waals surface area contributed by atoms with Crippen LogP contribution in [-0.2, 0) is 0 Å². The second-order valence-corrected chi connectivity index (χ2v) is 7.05. The van der Waals surface area contributed by atoms with Gasteiger partial charge >= 0.3 is 0 Å². The maximum atomic E-state index is 3.61. The summed E-state index contributed by atoms with van der Waals surface area (Å²) in [6, 6.07) is 21.4. The number of rotatable bonds is 14. The number of nitrogens with zero attached hydrogens (tertiary/aromatic N) is 1. The fourth-order valence-corrected chi connectivity index (χ4v) is 3.30. The molecule has 2 aromatic rings. The third-order valence-electron chi connectivity index (χ3n) is 4.83. The van der Waals surface area contributed by atoms with Crippen molar-refractivity contribution in [3.8, 4) is 0 Å². The molecule has 1 N–H and O–H groups in total. The van der Waals surface area contributed by atoms with Crippen LogP contribution in [-0.4, -0.2) is 19.6 Å². The van der Waals surface area contributed by atoms with Crippen LogP contribution in [0, 0.1) is 0 Å². The third-order valence-corrected chi connectivity index (χ3v) is 4.83. The first-order valence-corrected chi connectivity index (χ1v) is 10.5.